The van der Waals surface area contributed by atoms with Gasteiger partial charge in [-0.3, -0.25) is 23.6 Å². The second-order valence-electron chi connectivity index (χ2n) is 11.1. The summed E-state index contributed by atoms with van der Waals surface area (Å²) in [6, 6.07) is 15.3. The number of aliphatic hydroxyl groups excluding tert-OH is 1. The molecule has 1 atom stereocenters. The van der Waals surface area contributed by atoms with E-state index >= 15 is 0 Å². The number of hydrogen-bond acceptors (Lipinski definition) is 9. The summed E-state index contributed by atoms with van der Waals surface area (Å²) in [5, 5.41) is 20.9. The normalized spacial score (nSPS) is 13.6. The number of nitrogens with zero attached hydrogens (tertiary/aromatic N) is 8. The van der Waals surface area contributed by atoms with Crippen LogP contribution in [0.1, 0.15) is 46.3 Å². The summed E-state index contributed by atoms with van der Waals surface area (Å²) in [5.74, 6) is 5.73. The molecule has 0 bridgehead atoms. The molecule has 0 aliphatic carbocycles. The van der Waals surface area contributed by atoms with Gasteiger partial charge in [-0.15, -0.1) is 5.10 Å². The van der Waals surface area contributed by atoms with E-state index in [9.17, 15) is 14.4 Å². The Bertz CT molecular complexity index is 2290. The fourth-order valence-electron chi connectivity index (χ4n) is 5.59. The molecule has 1 fully saturated rings. The molecule has 6 aromatic rings. The molecule has 4 N–H and O–H groups in total. The molecule has 5 heterocycles. The number of nitrogens with two attached hydrogens (primary N) is 1. The zero-order chi connectivity index (χ0) is 32.7. The van der Waals surface area contributed by atoms with Gasteiger partial charge in [0.15, 0.2) is 11.5 Å². The Morgan fingerprint density at radius 1 is 1.11 bits per heavy atom. The topological polar surface area (TPSA) is 179 Å². The van der Waals surface area contributed by atoms with Crippen molar-refractivity contribution in [2.45, 2.75) is 19.0 Å². The van der Waals surface area contributed by atoms with Crippen molar-refractivity contribution in [1.82, 2.24) is 44.1 Å². The van der Waals surface area contributed by atoms with Crippen molar-refractivity contribution < 1.29 is 14.7 Å². The Morgan fingerprint density at radius 2 is 1.91 bits per heavy atom. The summed E-state index contributed by atoms with van der Waals surface area (Å²) in [7, 11) is 0. The molecular weight excluding hydrogens is 600 g/mol. The average Bonchev–Trinajstić information content (AvgIpc) is 3.66. The van der Waals surface area contributed by atoms with Crippen LogP contribution < -0.4 is 16.6 Å². The lowest BCUT2D eigenvalue weighted by Crippen LogP contribution is -2.51. The molecule has 7 rings (SSSR count). The summed E-state index contributed by atoms with van der Waals surface area (Å²) in [4.78, 5) is 50.1. The molecule has 234 valence electrons. The third kappa shape index (κ3) is 5.34. The molecule has 0 unspecified atom stereocenters. The van der Waals surface area contributed by atoms with Crippen molar-refractivity contribution in [1.29, 1.82) is 0 Å². The minimum atomic E-state index is -0.728. The first kappa shape index (κ1) is 29.4. The number of likely N-dealkylation sites (tertiary alicyclic amines) is 1. The molecule has 14 nitrogen and oxygen atoms in total. The highest BCUT2D eigenvalue weighted by atomic mass is 16.3. The van der Waals surface area contributed by atoms with Gasteiger partial charge in [0.1, 0.15) is 18.0 Å². The van der Waals surface area contributed by atoms with Crippen LogP contribution in [0.3, 0.4) is 0 Å². The van der Waals surface area contributed by atoms with Crippen molar-refractivity contribution >= 4 is 34.2 Å². The van der Waals surface area contributed by atoms with Gasteiger partial charge in [0.05, 0.1) is 40.4 Å². The summed E-state index contributed by atoms with van der Waals surface area (Å²) >= 11 is 0. The molecular formula is C33H28N10O4. The second-order valence-corrected chi connectivity index (χ2v) is 11.1. The van der Waals surface area contributed by atoms with Crippen LogP contribution in [0.4, 0.5) is 5.82 Å². The second kappa shape index (κ2) is 11.9. The van der Waals surface area contributed by atoms with Gasteiger partial charge in [0, 0.05) is 37.2 Å². The molecule has 2 aromatic carbocycles. The van der Waals surface area contributed by atoms with Crippen LogP contribution in [0.15, 0.2) is 84.2 Å². The summed E-state index contributed by atoms with van der Waals surface area (Å²) in [5.41, 5.74) is 8.27. The lowest BCUT2D eigenvalue weighted by molar-refractivity contribution is -0.140. The fraction of sp³-hybridized carbons (Fsp3) is 0.182. The number of nitrogens with one attached hydrogen (secondary N) is 1. The van der Waals surface area contributed by atoms with Gasteiger partial charge in [-0.2, -0.15) is 5.10 Å². The lowest BCUT2D eigenvalue weighted by atomic mass is 10.1. The quantitative estimate of drug-likeness (QED) is 0.230. The molecule has 2 amide bonds. The standard InChI is InChI=1S/C33H28N10O4/c1-20(37-32(46)28-29(34)39-41-14-6-13-35-31(28)41)30-38-25-10-5-7-22(27(25)33(47)43(30)23-8-3-2-4-9-23)12-11-21-15-36-42(16-21)24-17-40(18-24)26(45)19-44/h2-10,13-16,20,24,44H,17-19H2,1H3,(H2,34,39)(H,37,46)/t20-/m1/s1. The van der Waals surface area contributed by atoms with Crippen LogP contribution in [0.25, 0.3) is 22.2 Å². The molecule has 0 spiro atoms. The highest BCUT2D eigenvalue weighted by Gasteiger charge is 2.32. The van der Waals surface area contributed by atoms with Crippen LogP contribution in [-0.4, -0.2) is 75.4 Å². The predicted molar refractivity (Wildman–Crippen MR) is 172 cm³/mol. The van der Waals surface area contributed by atoms with Crippen LogP contribution >= 0.6 is 0 Å². The monoisotopic (exact) mass is 628 g/mol. The first-order valence-corrected chi connectivity index (χ1v) is 14.8. The first-order chi connectivity index (χ1) is 22.8. The summed E-state index contributed by atoms with van der Waals surface area (Å²) in [6.07, 6.45) is 6.61. The van der Waals surface area contributed by atoms with E-state index in [4.69, 9.17) is 15.8 Å². The third-order valence-electron chi connectivity index (χ3n) is 7.99. The maximum absolute atomic E-state index is 14.3. The number of nitrogen functional groups attached to an aromatic ring is 1. The highest BCUT2D eigenvalue weighted by molar-refractivity contribution is 6.04. The van der Waals surface area contributed by atoms with Crippen molar-refractivity contribution in [3.8, 4) is 17.5 Å². The van der Waals surface area contributed by atoms with E-state index in [0.29, 0.717) is 52.3 Å². The summed E-state index contributed by atoms with van der Waals surface area (Å²) < 4.78 is 4.65. The SMILES string of the molecule is C[C@@H](NC(=O)c1c(N)nn2cccnc12)c1nc2cccc(C#Cc3cnn(C4CN(C(=O)CO)C4)c3)c2c(=O)n1-c1ccccc1. The molecule has 14 heteroatoms. The number of para-hydroxylation sites is 1. The molecule has 47 heavy (non-hydrogen) atoms. The zero-order valence-electron chi connectivity index (χ0n) is 25.1. The number of fused-ring (bicyclic) bond motifs is 2. The number of benzene rings is 2. The fourth-order valence-corrected chi connectivity index (χ4v) is 5.59. The van der Waals surface area contributed by atoms with E-state index in [2.05, 4.69) is 32.3 Å². The molecule has 1 aliphatic heterocycles. The Hall–Kier alpha value is -6.33. The largest absolute Gasteiger partial charge is 0.387 e. The summed E-state index contributed by atoms with van der Waals surface area (Å²) in [6.45, 7) is 2.15. The van der Waals surface area contributed by atoms with Crippen LogP contribution in [-0.2, 0) is 4.79 Å². The number of aromatic nitrogens is 7. The zero-order valence-corrected chi connectivity index (χ0v) is 25.1. The smallest absolute Gasteiger partial charge is 0.267 e. The van der Waals surface area contributed by atoms with E-state index in [1.807, 2.05) is 18.2 Å². The van der Waals surface area contributed by atoms with E-state index in [1.54, 1.807) is 77.7 Å². The van der Waals surface area contributed by atoms with E-state index in [1.165, 1.54) is 9.08 Å². The van der Waals surface area contributed by atoms with Gasteiger partial charge >= 0.3 is 0 Å². The van der Waals surface area contributed by atoms with Crippen molar-refractivity contribution in [3.05, 3.63) is 112 Å². The van der Waals surface area contributed by atoms with Crippen molar-refractivity contribution in [2.24, 2.45) is 0 Å². The van der Waals surface area contributed by atoms with Gasteiger partial charge < -0.3 is 21.1 Å². The Labute approximate surface area is 267 Å². The Morgan fingerprint density at radius 3 is 2.70 bits per heavy atom. The average molecular weight is 629 g/mol. The number of anilines is 1. The third-order valence-corrected chi connectivity index (χ3v) is 7.99. The number of carbonyl (C=O) groups excluding carboxylic acids is 2. The molecule has 1 saturated heterocycles. The lowest BCUT2D eigenvalue weighted by Gasteiger charge is -2.38. The number of carbonyl (C=O) groups is 2. The number of aliphatic hydroxyl groups is 1. The van der Waals surface area contributed by atoms with Crippen molar-refractivity contribution in [2.75, 3.05) is 25.4 Å². The number of hydrogen-bond donors (Lipinski definition) is 3. The predicted octanol–water partition coefficient (Wildman–Crippen LogP) is 1.47. The molecule has 1 aliphatic rings. The Balaban J connectivity index is 1.24. The Kier molecular flexibility index (Phi) is 7.43. The van der Waals surface area contributed by atoms with Gasteiger partial charge in [-0.25, -0.2) is 14.5 Å². The number of amides is 2. The molecule has 0 radical (unpaired) electrons. The van der Waals surface area contributed by atoms with Crippen molar-refractivity contribution in [3.63, 3.8) is 0 Å². The maximum atomic E-state index is 14.3. The number of rotatable bonds is 6. The first-order valence-electron chi connectivity index (χ1n) is 14.8. The molecule has 4 aromatic heterocycles. The minimum Gasteiger partial charge on any atom is -0.387 e. The van der Waals surface area contributed by atoms with E-state index in [-0.39, 0.29) is 28.9 Å². The van der Waals surface area contributed by atoms with Crippen LogP contribution in [0.5, 0.6) is 0 Å². The van der Waals surface area contributed by atoms with Gasteiger partial charge in [-0.1, -0.05) is 36.1 Å². The van der Waals surface area contributed by atoms with Crippen LogP contribution in [0.2, 0.25) is 0 Å². The van der Waals surface area contributed by atoms with Gasteiger partial charge in [0.2, 0.25) is 5.91 Å². The van der Waals surface area contributed by atoms with Gasteiger partial charge in [0.25, 0.3) is 11.5 Å². The molecule has 0 saturated carbocycles. The van der Waals surface area contributed by atoms with Gasteiger partial charge in [-0.05, 0) is 37.3 Å². The van der Waals surface area contributed by atoms with E-state index < -0.39 is 18.6 Å². The maximum Gasteiger partial charge on any atom is 0.267 e. The highest BCUT2D eigenvalue weighted by Crippen LogP contribution is 2.23. The van der Waals surface area contributed by atoms with Crippen LogP contribution in [0, 0.1) is 11.8 Å². The van der Waals surface area contributed by atoms with E-state index in [0.717, 1.165) is 0 Å². The minimum absolute atomic E-state index is 0.00216.